The molecule has 1 aromatic rings. The Kier molecular flexibility index (Phi) is 12.2. The van der Waals surface area contributed by atoms with Crippen LogP contribution < -0.4 is 0 Å². The molecule has 0 amide bonds. The third-order valence-electron chi connectivity index (χ3n) is 6.59. The molecule has 0 aliphatic rings. The van der Waals surface area contributed by atoms with E-state index in [0.717, 1.165) is 37.1 Å². The number of unbranched alkanes of at least 4 members (excludes halogenated alkanes) is 6. The molecule has 0 saturated carbocycles. The van der Waals surface area contributed by atoms with Gasteiger partial charge in [0.15, 0.2) is 0 Å². The van der Waals surface area contributed by atoms with Crippen LogP contribution in [0, 0.1) is 11.8 Å². The van der Waals surface area contributed by atoms with Gasteiger partial charge in [0.2, 0.25) is 0 Å². The second-order valence-electron chi connectivity index (χ2n) is 10.4. The van der Waals surface area contributed by atoms with Crippen LogP contribution in [-0.2, 0) is 12.8 Å². The maximum atomic E-state index is 10.7. The summed E-state index contributed by atoms with van der Waals surface area (Å²) in [5.41, 5.74) is 0.739. The van der Waals surface area contributed by atoms with Gasteiger partial charge >= 0.3 is 0 Å². The quantitative estimate of drug-likeness (QED) is 0.287. The molecule has 2 unspecified atom stereocenters. The number of pyridine rings is 1. The van der Waals surface area contributed by atoms with Crippen LogP contribution in [0.4, 0.5) is 0 Å². The number of rotatable bonds is 16. The van der Waals surface area contributed by atoms with Crippen molar-refractivity contribution in [1.29, 1.82) is 0 Å². The van der Waals surface area contributed by atoms with Crippen molar-refractivity contribution in [3.63, 3.8) is 0 Å². The van der Waals surface area contributed by atoms with Gasteiger partial charge in [-0.2, -0.15) is 0 Å². The van der Waals surface area contributed by atoms with E-state index in [9.17, 15) is 10.2 Å². The molecule has 174 valence electrons. The minimum Gasteiger partial charge on any atom is -0.390 e. The third-order valence-corrected chi connectivity index (χ3v) is 6.59. The highest BCUT2D eigenvalue weighted by Crippen LogP contribution is 2.29. The van der Waals surface area contributed by atoms with Crippen molar-refractivity contribution in [3.8, 4) is 0 Å². The van der Waals surface area contributed by atoms with Crippen molar-refractivity contribution in [2.75, 3.05) is 0 Å². The van der Waals surface area contributed by atoms with Crippen molar-refractivity contribution in [2.45, 2.75) is 130 Å². The highest BCUT2D eigenvalue weighted by Gasteiger charge is 2.28. The zero-order chi connectivity index (χ0) is 22.6. The molecule has 0 aliphatic heterocycles. The van der Waals surface area contributed by atoms with Crippen LogP contribution in [0.1, 0.15) is 117 Å². The summed E-state index contributed by atoms with van der Waals surface area (Å²) in [4.78, 5) is 4.95. The van der Waals surface area contributed by atoms with Crippen molar-refractivity contribution in [3.05, 3.63) is 29.6 Å². The average molecular weight is 420 g/mol. The van der Waals surface area contributed by atoms with Crippen LogP contribution in [0.5, 0.6) is 0 Å². The molecule has 0 aliphatic carbocycles. The molecule has 2 N–H and O–H groups in total. The predicted octanol–water partition coefficient (Wildman–Crippen LogP) is 6.88. The Bertz CT molecular complexity index is 524. The lowest BCUT2D eigenvalue weighted by molar-refractivity contribution is 0.0111. The minimum absolute atomic E-state index is 0.219. The van der Waals surface area contributed by atoms with E-state index in [1.54, 1.807) is 0 Å². The second kappa shape index (κ2) is 13.5. The molecule has 0 bridgehead atoms. The first-order valence-corrected chi connectivity index (χ1v) is 12.5. The fraction of sp³-hybridized carbons (Fsp3) is 0.815. The summed E-state index contributed by atoms with van der Waals surface area (Å²) >= 11 is 0. The summed E-state index contributed by atoms with van der Waals surface area (Å²) in [6.07, 6.45) is 13.5. The summed E-state index contributed by atoms with van der Waals surface area (Å²) in [5.74, 6) is 0.437. The number of aromatic nitrogens is 1. The lowest BCUT2D eigenvalue weighted by atomic mass is 9.82. The predicted molar refractivity (Wildman–Crippen MR) is 129 cm³/mol. The van der Waals surface area contributed by atoms with Gasteiger partial charge in [-0.15, -0.1) is 0 Å². The van der Waals surface area contributed by atoms with Gasteiger partial charge < -0.3 is 10.2 Å². The summed E-state index contributed by atoms with van der Waals surface area (Å²) < 4.78 is 0. The van der Waals surface area contributed by atoms with E-state index in [4.69, 9.17) is 4.98 Å². The van der Waals surface area contributed by atoms with Crippen molar-refractivity contribution in [1.82, 2.24) is 4.98 Å². The Morgan fingerprint density at radius 1 is 0.700 bits per heavy atom. The maximum absolute atomic E-state index is 10.7. The second-order valence-corrected chi connectivity index (χ2v) is 10.4. The average Bonchev–Trinajstić information content (AvgIpc) is 2.65. The maximum Gasteiger partial charge on any atom is 0.0623 e. The molecule has 0 fully saturated rings. The first-order chi connectivity index (χ1) is 14.1. The molecule has 30 heavy (non-hydrogen) atoms. The fourth-order valence-electron chi connectivity index (χ4n) is 4.31. The van der Waals surface area contributed by atoms with E-state index < -0.39 is 11.2 Å². The highest BCUT2D eigenvalue weighted by molar-refractivity contribution is 5.13. The van der Waals surface area contributed by atoms with Crippen LogP contribution in [0.15, 0.2) is 18.2 Å². The number of hydrogen-bond donors (Lipinski definition) is 2. The molecule has 2 atom stereocenters. The van der Waals surface area contributed by atoms with E-state index in [0.29, 0.717) is 0 Å². The highest BCUT2D eigenvalue weighted by atomic mass is 16.3. The molecule has 0 aromatic carbocycles. The molecule has 0 spiro atoms. The Labute approximate surface area is 186 Å². The van der Waals surface area contributed by atoms with Crippen LogP contribution in [0.3, 0.4) is 0 Å². The molecule has 3 nitrogen and oxygen atoms in total. The van der Waals surface area contributed by atoms with Crippen molar-refractivity contribution < 1.29 is 10.2 Å². The Hall–Kier alpha value is -0.930. The van der Waals surface area contributed by atoms with Crippen LogP contribution >= 0.6 is 0 Å². The van der Waals surface area contributed by atoms with Gasteiger partial charge in [0.25, 0.3) is 0 Å². The van der Waals surface area contributed by atoms with E-state index >= 15 is 0 Å². The molecule has 1 rings (SSSR count). The molecule has 1 aromatic heterocycles. The van der Waals surface area contributed by atoms with Gasteiger partial charge in [0, 0.05) is 11.4 Å². The molecule has 0 saturated heterocycles. The van der Waals surface area contributed by atoms with Gasteiger partial charge in [-0.25, -0.2) is 0 Å². The SMILES string of the molecule is CCCCCCC(Cc1cccc(CC(CCCCCC)C(C)(C)O)n1)C(C)(C)O. The van der Waals surface area contributed by atoms with Gasteiger partial charge in [-0.1, -0.05) is 71.3 Å². The van der Waals surface area contributed by atoms with Gasteiger partial charge in [0.05, 0.1) is 11.2 Å². The van der Waals surface area contributed by atoms with Crippen LogP contribution in [-0.4, -0.2) is 26.4 Å². The van der Waals surface area contributed by atoms with E-state index in [1.165, 1.54) is 51.4 Å². The Balaban J connectivity index is 2.80. The van der Waals surface area contributed by atoms with Gasteiger partial charge in [0.1, 0.15) is 0 Å². The number of nitrogens with zero attached hydrogens (tertiary/aromatic N) is 1. The van der Waals surface area contributed by atoms with Gasteiger partial charge in [-0.3, -0.25) is 4.98 Å². The Morgan fingerprint density at radius 2 is 1.10 bits per heavy atom. The molecule has 3 heteroatoms. The smallest absolute Gasteiger partial charge is 0.0623 e. The number of hydrogen-bond acceptors (Lipinski definition) is 3. The van der Waals surface area contributed by atoms with E-state index in [1.807, 2.05) is 27.7 Å². The standard InChI is InChI=1S/C27H49NO2/c1-7-9-11-13-16-22(26(3,4)29)20-24-18-15-19-25(28-24)21-23(27(5,6)30)17-14-12-10-8-2/h15,18-19,22-23,29-30H,7-14,16-17,20-21H2,1-6H3. The molecule has 0 radical (unpaired) electrons. The third kappa shape index (κ3) is 10.9. The molecular weight excluding hydrogens is 370 g/mol. The van der Waals surface area contributed by atoms with Crippen molar-refractivity contribution in [2.24, 2.45) is 11.8 Å². The monoisotopic (exact) mass is 419 g/mol. The largest absolute Gasteiger partial charge is 0.390 e. The normalized spacial score (nSPS) is 14.7. The summed E-state index contributed by atoms with van der Waals surface area (Å²) in [6.45, 7) is 12.2. The van der Waals surface area contributed by atoms with E-state index in [2.05, 4.69) is 32.0 Å². The zero-order valence-corrected chi connectivity index (χ0v) is 20.7. The van der Waals surface area contributed by atoms with E-state index in [-0.39, 0.29) is 11.8 Å². The van der Waals surface area contributed by atoms with Crippen LogP contribution in [0.2, 0.25) is 0 Å². The summed E-state index contributed by atoms with van der Waals surface area (Å²) in [5, 5.41) is 21.4. The lowest BCUT2D eigenvalue weighted by Crippen LogP contribution is -2.33. The lowest BCUT2D eigenvalue weighted by Gasteiger charge is -2.30. The zero-order valence-electron chi connectivity index (χ0n) is 20.7. The molecular formula is C27H49NO2. The first kappa shape index (κ1) is 27.1. The molecule has 1 heterocycles. The number of aliphatic hydroxyl groups is 2. The summed E-state index contributed by atoms with van der Waals surface area (Å²) in [7, 11) is 0. The fourth-order valence-corrected chi connectivity index (χ4v) is 4.31. The summed E-state index contributed by atoms with van der Waals surface area (Å²) in [6, 6.07) is 6.28. The van der Waals surface area contributed by atoms with Gasteiger partial charge in [-0.05, 0) is 77.3 Å². The van der Waals surface area contributed by atoms with Crippen LogP contribution in [0.25, 0.3) is 0 Å². The van der Waals surface area contributed by atoms with Crippen molar-refractivity contribution >= 4 is 0 Å². The Morgan fingerprint density at radius 3 is 1.43 bits per heavy atom. The first-order valence-electron chi connectivity index (χ1n) is 12.5. The topological polar surface area (TPSA) is 53.4 Å². The minimum atomic E-state index is -0.696.